The van der Waals surface area contributed by atoms with Crippen LogP contribution in [0.2, 0.25) is 0 Å². The van der Waals surface area contributed by atoms with Crippen molar-refractivity contribution in [1.82, 2.24) is 4.90 Å². The molecule has 1 aromatic rings. The maximum Gasteiger partial charge on any atom is 0.334 e. The second kappa shape index (κ2) is 8.33. The number of thioether (sulfide) groups is 1. The third-order valence-electron chi connectivity index (χ3n) is 6.73. The Labute approximate surface area is 179 Å². The number of carboxylic acid groups (broad SMARTS) is 1. The van der Waals surface area contributed by atoms with Crippen molar-refractivity contribution in [2.75, 3.05) is 12.3 Å². The third kappa shape index (κ3) is 4.41. The van der Waals surface area contributed by atoms with Gasteiger partial charge in [-0.3, -0.25) is 0 Å². The summed E-state index contributed by atoms with van der Waals surface area (Å²) in [6.45, 7) is 0.774. The highest BCUT2D eigenvalue weighted by atomic mass is 32.2. The predicted molar refractivity (Wildman–Crippen MR) is 112 cm³/mol. The van der Waals surface area contributed by atoms with Gasteiger partial charge >= 0.3 is 5.97 Å². The molecule has 2 saturated carbocycles. The number of nitrogens with zero attached hydrogens (tertiary/aromatic N) is 1. The first-order chi connectivity index (χ1) is 14.3. The minimum absolute atomic E-state index is 0.0969. The number of alkyl halides is 2. The minimum atomic E-state index is -3.09. The molecule has 0 spiro atoms. The van der Waals surface area contributed by atoms with Gasteiger partial charge in [-0.05, 0) is 67.7 Å². The highest BCUT2D eigenvalue weighted by Crippen LogP contribution is 2.55. The van der Waals surface area contributed by atoms with Gasteiger partial charge < -0.3 is 10.0 Å². The van der Waals surface area contributed by atoms with Crippen LogP contribution in [-0.2, 0) is 10.7 Å². The van der Waals surface area contributed by atoms with E-state index in [0.717, 1.165) is 49.6 Å². The highest BCUT2D eigenvalue weighted by molar-refractivity contribution is 8.00. The van der Waals surface area contributed by atoms with E-state index in [1.165, 1.54) is 31.0 Å². The smallest absolute Gasteiger partial charge is 0.334 e. The van der Waals surface area contributed by atoms with Crippen molar-refractivity contribution in [2.24, 2.45) is 11.3 Å². The molecule has 3 nitrogen and oxygen atoms in total. The van der Waals surface area contributed by atoms with E-state index in [0.29, 0.717) is 0 Å². The number of hydrogen-bond donors (Lipinski definition) is 1. The molecule has 0 aromatic heterocycles. The zero-order valence-corrected chi connectivity index (χ0v) is 17.5. The molecule has 2 fully saturated rings. The summed E-state index contributed by atoms with van der Waals surface area (Å²) in [5.41, 5.74) is 0.240. The van der Waals surface area contributed by atoms with E-state index < -0.39 is 29.5 Å². The van der Waals surface area contributed by atoms with E-state index >= 15 is 0 Å². The number of carboxylic acids is 1. The van der Waals surface area contributed by atoms with Crippen molar-refractivity contribution in [3.05, 3.63) is 59.6 Å². The maximum absolute atomic E-state index is 14.5. The lowest BCUT2D eigenvalue weighted by Crippen LogP contribution is -2.41. The van der Waals surface area contributed by atoms with Crippen molar-refractivity contribution in [3.63, 3.8) is 0 Å². The van der Waals surface area contributed by atoms with Crippen molar-refractivity contribution >= 4 is 17.7 Å². The number of fused-ring (bicyclic) bond motifs is 2. The van der Waals surface area contributed by atoms with Crippen LogP contribution in [0.5, 0.6) is 0 Å². The molecule has 1 atom stereocenters. The molecule has 2 aliphatic carbocycles. The van der Waals surface area contributed by atoms with Gasteiger partial charge in [-0.2, -0.15) is 0 Å². The fourth-order valence-corrected chi connectivity index (χ4v) is 6.44. The summed E-state index contributed by atoms with van der Waals surface area (Å²) in [5, 5.41) is 9.17. The number of benzene rings is 1. The Hall–Kier alpha value is -1.89. The summed E-state index contributed by atoms with van der Waals surface area (Å²) >= 11 is 1.24. The Morgan fingerprint density at radius 2 is 1.93 bits per heavy atom. The Morgan fingerprint density at radius 3 is 2.53 bits per heavy atom. The van der Waals surface area contributed by atoms with Gasteiger partial charge in [0.2, 0.25) is 0 Å². The molecule has 0 amide bonds. The zero-order valence-electron chi connectivity index (χ0n) is 16.7. The Morgan fingerprint density at radius 1 is 1.23 bits per heavy atom. The van der Waals surface area contributed by atoms with Crippen LogP contribution in [0.1, 0.15) is 44.1 Å². The van der Waals surface area contributed by atoms with E-state index in [1.54, 1.807) is 12.2 Å². The first-order valence-electron chi connectivity index (χ1n) is 10.4. The predicted octanol–water partition coefficient (Wildman–Crippen LogP) is 5.79. The lowest BCUT2D eigenvalue weighted by molar-refractivity contribution is -0.133. The molecule has 162 valence electrons. The van der Waals surface area contributed by atoms with Gasteiger partial charge in [0, 0.05) is 30.5 Å². The SMILES string of the molecule is O=C(O)C1=CC=CN(CC23CCC(CC2)C3)C1SCCC(F)(F)c1ccc(F)cc1. The van der Waals surface area contributed by atoms with Crippen LogP contribution in [0.15, 0.2) is 48.2 Å². The summed E-state index contributed by atoms with van der Waals surface area (Å²) in [7, 11) is 0. The Kier molecular flexibility index (Phi) is 5.93. The van der Waals surface area contributed by atoms with Gasteiger partial charge in [-0.25, -0.2) is 18.0 Å². The largest absolute Gasteiger partial charge is 0.478 e. The Bertz CT molecular complexity index is 845. The summed E-state index contributed by atoms with van der Waals surface area (Å²) in [6, 6.07) is 4.28. The van der Waals surface area contributed by atoms with E-state index in [2.05, 4.69) is 0 Å². The van der Waals surface area contributed by atoms with Gasteiger partial charge in [0.05, 0.1) is 5.57 Å². The molecule has 0 radical (unpaired) electrons. The zero-order chi connectivity index (χ0) is 21.4. The minimum Gasteiger partial charge on any atom is -0.478 e. The fourth-order valence-electron chi connectivity index (χ4n) is 5.15. The lowest BCUT2D eigenvalue weighted by Gasteiger charge is -2.39. The number of hydrogen-bond acceptors (Lipinski definition) is 3. The molecular formula is C23H26F3NO2S. The van der Waals surface area contributed by atoms with E-state index in [1.807, 2.05) is 11.1 Å². The third-order valence-corrected chi connectivity index (χ3v) is 8.01. The second-order valence-corrected chi connectivity index (χ2v) is 9.96. The molecule has 0 saturated heterocycles. The summed E-state index contributed by atoms with van der Waals surface area (Å²) in [5.74, 6) is -3.77. The maximum atomic E-state index is 14.5. The average molecular weight is 438 g/mol. The molecule has 7 heteroatoms. The average Bonchev–Trinajstić information content (AvgIpc) is 3.29. The van der Waals surface area contributed by atoms with Crippen LogP contribution in [-0.4, -0.2) is 33.6 Å². The summed E-state index contributed by atoms with van der Waals surface area (Å²) in [6.07, 6.45) is 10.8. The molecule has 2 bridgehead atoms. The summed E-state index contributed by atoms with van der Waals surface area (Å²) in [4.78, 5) is 13.8. The molecular weight excluding hydrogens is 411 g/mol. The van der Waals surface area contributed by atoms with E-state index in [-0.39, 0.29) is 22.3 Å². The summed E-state index contributed by atoms with van der Waals surface area (Å²) < 4.78 is 42.1. The topological polar surface area (TPSA) is 40.5 Å². The van der Waals surface area contributed by atoms with E-state index in [4.69, 9.17) is 0 Å². The van der Waals surface area contributed by atoms with Crippen molar-refractivity contribution in [1.29, 1.82) is 0 Å². The highest BCUT2D eigenvalue weighted by Gasteiger charge is 2.46. The van der Waals surface area contributed by atoms with Crippen LogP contribution in [0.4, 0.5) is 13.2 Å². The van der Waals surface area contributed by atoms with Gasteiger partial charge in [0.25, 0.3) is 5.92 Å². The van der Waals surface area contributed by atoms with Crippen LogP contribution in [0.25, 0.3) is 0 Å². The molecule has 1 unspecified atom stereocenters. The van der Waals surface area contributed by atoms with Gasteiger partial charge in [-0.15, -0.1) is 11.8 Å². The second-order valence-electron chi connectivity index (χ2n) is 8.77. The van der Waals surface area contributed by atoms with Crippen LogP contribution < -0.4 is 0 Å². The molecule has 4 rings (SSSR count). The molecule has 1 heterocycles. The van der Waals surface area contributed by atoms with E-state index in [9.17, 15) is 23.1 Å². The Balaban J connectivity index is 1.43. The normalized spacial score (nSPS) is 28.1. The number of carbonyl (C=O) groups is 1. The standard InChI is InChI=1S/C23H26F3NO2S/c24-18-5-3-17(4-6-18)23(25,26)11-13-30-20-19(21(28)29)2-1-12-27(20)15-22-9-7-16(14-22)8-10-22/h1-6,12,16,20H,7-11,13-15H2,(H,28,29). The van der Waals surface area contributed by atoms with Gasteiger partial charge in [-0.1, -0.05) is 12.1 Å². The number of rotatable bonds is 8. The fraction of sp³-hybridized carbons (Fsp3) is 0.522. The first kappa shape index (κ1) is 21.3. The van der Waals surface area contributed by atoms with Crippen molar-refractivity contribution < 1.29 is 23.1 Å². The first-order valence-corrected chi connectivity index (χ1v) is 11.5. The van der Waals surface area contributed by atoms with Crippen LogP contribution in [0.3, 0.4) is 0 Å². The number of allylic oxidation sites excluding steroid dienone is 2. The molecule has 1 aliphatic heterocycles. The number of aliphatic carboxylic acids is 1. The van der Waals surface area contributed by atoms with Crippen molar-refractivity contribution in [2.45, 2.75) is 49.8 Å². The molecule has 1 aromatic carbocycles. The quantitative estimate of drug-likeness (QED) is 0.559. The van der Waals surface area contributed by atoms with Gasteiger partial charge in [0.15, 0.2) is 0 Å². The van der Waals surface area contributed by atoms with Gasteiger partial charge in [0.1, 0.15) is 11.2 Å². The number of halogens is 3. The van der Waals surface area contributed by atoms with Crippen LogP contribution in [0, 0.1) is 17.2 Å². The molecule has 3 aliphatic rings. The molecule has 30 heavy (non-hydrogen) atoms. The van der Waals surface area contributed by atoms with Crippen molar-refractivity contribution in [3.8, 4) is 0 Å². The molecule has 1 N–H and O–H groups in total. The monoisotopic (exact) mass is 437 g/mol. The lowest BCUT2D eigenvalue weighted by atomic mass is 9.83. The van der Waals surface area contributed by atoms with Crippen LogP contribution >= 0.6 is 11.8 Å².